The summed E-state index contributed by atoms with van der Waals surface area (Å²) in [5.74, 6) is 0.500. The smallest absolute Gasteiger partial charge is 0.239 e. The highest BCUT2D eigenvalue weighted by Gasteiger charge is 2.25. The van der Waals surface area contributed by atoms with Crippen LogP contribution in [0.3, 0.4) is 0 Å². The minimum Gasteiger partial charge on any atom is -0.376 e. The van der Waals surface area contributed by atoms with E-state index in [0.717, 1.165) is 30.7 Å². The SMILES string of the molecule is CC(=O)N1CCN(CC(=O)Nc2c(C#N)c(C)c(C)n2C[C@@H]2CCCO2)CC1. The molecule has 2 aliphatic heterocycles. The van der Waals surface area contributed by atoms with Gasteiger partial charge in [0.1, 0.15) is 11.9 Å². The Hall–Kier alpha value is -2.37. The molecule has 2 fully saturated rings. The molecule has 0 saturated carbocycles. The summed E-state index contributed by atoms with van der Waals surface area (Å²) in [7, 11) is 0. The van der Waals surface area contributed by atoms with E-state index in [9.17, 15) is 14.9 Å². The Morgan fingerprint density at radius 1 is 1.25 bits per heavy atom. The van der Waals surface area contributed by atoms with E-state index in [0.29, 0.717) is 44.1 Å². The van der Waals surface area contributed by atoms with Crippen LogP contribution in [0.15, 0.2) is 0 Å². The number of anilines is 1. The highest BCUT2D eigenvalue weighted by atomic mass is 16.5. The van der Waals surface area contributed by atoms with Crippen molar-refractivity contribution >= 4 is 17.6 Å². The van der Waals surface area contributed by atoms with E-state index in [2.05, 4.69) is 11.4 Å². The number of hydrogen-bond acceptors (Lipinski definition) is 5. The summed E-state index contributed by atoms with van der Waals surface area (Å²) < 4.78 is 7.76. The molecule has 1 atom stereocenters. The van der Waals surface area contributed by atoms with E-state index >= 15 is 0 Å². The number of nitrogens with zero attached hydrogens (tertiary/aromatic N) is 4. The number of carbonyl (C=O) groups is 2. The molecule has 2 saturated heterocycles. The van der Waals surface area contributed by atoms with Crippen LogP contribution in [0.1, 0.15) is 36.6 Å². The minimum absolute atomic E-state index is 0.0701. The molecule has 0 spiro atoms. The van der Waals surface area contributed by atoms with Crippen LogP contribution in [0.2, 0.25) is 0 Å². The molecule has 0 radical (unpaired) electrons. The zero-order valence-electron chi connectivity index (χ0n) is 17.0. The molecule has 1 N–H and O–H groups in total. The Morgan fingerprint density at radius 3 is 2.54 bits per heavy atom. The first-order chi connectivity index (χ1) is 13.4. The van der Waals surface area contributed by atoms with Gasteiger partial charge < -0.3 is 19.5 Å². The molecule has 0 unspecified atom stereocenters. The van der Waals surface area contributed by atoms with Crippen LogP contribution >= 0.6 is 0 Å². The molecule has 1 aromatic heterocycles. The van der Waals surface area contributed by atoms with E-state index in [1.54, 1.807) is 11.8 Å². The quantitative estimate of drug-likeness (QED) is 0.821. The Morgan fingerprint density at radius 2 is 1.96 bits per heavy atom. The number of carbonyl (C=O) groups excluding carboxylic acids is 2. The second-order valence-electron chi connectivity index (χ2n) is 7.62. The summed E-state index contributed by atoms with van der Waals surface area (Å²) in [6.07, 6.45) is 2.15. The number of rotatable bonds is 5. The van der Waals surface area contributed by atoms with Gasteiger partial charge in [-0.25, -0.2) is 0 Å². The molecule has 3 rings (SSSR count). The van der Waals surface area contributed by atoms with Crippen LogP contribution in [0.4, 0.5) is 5.82 Å². The molecule has 152 valence electrons. The first kappa shape index (κ1) is 20.4. The minimum atomic E-state index is -0.140. The van der Waals surface area contributed by atoms with Gasteiger partial charge in [0.05, 0.1) is 24.8 Å². The van der Waals surface area contributed by atoms with E-state index in [1.807, 2.05) is 23.3 Å². The zero-order valence-corrected chi connectivity index (χ0v) is 17.0. The van der Waals surface area contributed by atoms with Gasteiger partial charge in [-0.1, -0.05) is 0 Å². The van der Waals surface area contributed by atoms with Crippen molar-refractivity contribution in [1.29, 1.82) is 5.26 Å². The maximum Gasteiger partial charge on any atom is 0.239 e. The molecule has 8 nitrogen and oxygen atoms in total. The molecule has 1 aromatic rings. The van der Waals surface area contributed by atoms with Crippen LogP contribution in [0.5, 0.6) is 0 Å². The predicted molar refractivity (Wildman–Crippen MR) is 105 cm³/mol. The molecule has 28 heavy (non-hydrogen) atoms. The molecule has 3 heterocycles. The Kier molecular flexibility index (Phi) is 6.37. The molecule has 0 aromatic carbocycles. The third-order valence-corrected chi connectivity index (χ3v) is 5.79. The molecule has 0 aliphatic carbocycles. The Bertz CT molecular complexity index is 781. The van der Waals surface area contributed by atoms with Crippen molar-refractivity contribution in [3.63, 3.8) is 0 Å². The van der Waals surface area contributed by atoms with Crippen molar-refractivity contribution in [2.24, 2.45) is 0 Å². The zero-order chi connectivity index (χ0) is 20.3. The second kappa shape index (κ2) is 8.76. The highest BCUT2D eigenvalue weighted by Crippen LogP contribution is 2.28. The summed E-state index contributed by atoms with van der Waals surface area (Å²) in [6, 6.07) is 2.24. The van der Waals surface area contributed by atoms with Crippen molar-refractivity contribution in [3.8, 4) is 6.07 Å². The van der Waals surface area contributed by atoms with Gasteiger partial charge in [0.15, 0.2) is 0 Å². The standard InChI is InChI=1S/C20H29N5O3/c1-14-15(2)25(12-17-5-4-10-28-17)20(18(14)11-21)22-19(27)13-23-6-8-24(9-7-23)16(3)26/h17H,4-10,12-13H2,1-3H3,(H,22,27)/t17-/m0/s1. The second-order valence-corrected chi connectivity index (χ2v) is 7.62. The van der Waals surface area contributed by atoms with Gasteiger partial charge in [-0.2, -0.15) is 5.26 Å². The lowest BCUT2D eigenvalue weighted by Crippen LogP contribution is -2.50. The number of hydrogen-bond donors (Lipinski definition) is 1. The maximum atomic E-state index is 12.7. The monoisotopic (exact) mass is 387 g/mol. The largest absolute Gasteiger partial charge is 0.376 e. The van der Waals surface area contributed by atoms with Crippen LogP contribution in [0.25, 0.3) is 0 Å². The van der Waals surface area contributed by atoms with Gasteiger partial charge in [0.25, 0.3) is 0 Å². The first-order valence-corrected chi connectivity index (χ1v) is 9.89. The Balaban J connectivity index is 1.68. The summed E-state index contributed by atoms with van der Waals surface area (Å²) in [5, 5.41) is 12.6. The van der Waals surface area contributed by atoms with E-state index in [4.69, 9.17) is 4.74 Å². The molecule has 0 bridgehead atoms. The van der Waals surface area contributed by atoms with Gasteiger partial charge in [-0.3, -0.25) is 14.5 Å². The average molecular weight is 387 g/mol. The average Bonchev–Trinajstić information content (AvgIpc) is 3.25. The summed E-state index contributed by atoms with van der Waals surface area (Å²) >= 11 is 0. The number of amides is 2. The van der Waals surface area contributed by atoms with Gasteiger partial charge in [0, 0.05) is 45.4 Å². The fourth-order valence-electron chi connectivity index (χ4n) is 3.95. The Labute approximate surface area is 166 Å². The van der Waals surface area contributed by atoms with Crippen LogP contribution in [0, 0.1) is 25.2 Å². The van der Waals surface area contributed by atoms with Gasteiger partial charge >= 0.3 is 0 Å². The van der Waals surface area contributed by atoms with Crippen LogP contribution in [-0.4, -0.2) is 71.6 Å². The molecular formula is C20H29N5O3. The fraction of sp³-hybridized carbons (Fsp3) is 0.650. The van der Waals surface area contributed by atoms with Crippen molar-refractivity contribution in [3.05, 3.63) is 16.8 Å². The lowest BCUT2D eigenvalue weighted by molar-refractivity contribution is -0.130. The van der Waals surface area contributed by atoms with Crippen LogP contribution < -0.4 is 5.32 Å². The normalized spacial score (nSPS) is 20.2. The van der Waals surface area contributed by atoms with Crippen molar-refractivity contribution in [2.75, 3.05) is 44.6 Å². The number of ether oxygens (including phenoxy) is 1. The molecular weight excluding hydrogens is 358 g/mol. The van der Waals surface area contributed by atoms with Crippen molar-refractivity contribution in [2.45, 2.75) is 46.3 Å². The number of aromatic nitrogens is 1. The summed E-state index contributed by atoms with van der Waals surface area (Å²) in [4.78, 5) is 28.0. The third kappa shape index (κ3) is 4.37. The predicted octanol–water partition coefficient (Wildman–Crippen LogP) is 1.26. The van der Waals surface area contributed by atoms with Gasteiger partial charge in [-0.05, 0) is 32.3 Å². The summed E-state index contributed by atoms with van der Waals surface area (Å²) in [6.45, 7) is 9.74. The van der Waals surface area contributed by atoms with Crippen molar-refractivity contribution < 1.29 is 14.3 Å². The lowest BCUT2D eigenvalue weighted by Gasteiger charge is -2.33. The van der Waals surface area contributed by atoms with Crippen molar-refractivity contribution in [1.82, 2.24) is 14.4 Å². The first-order valence-electron chi connectivity index (χ1n) is 9.89. The number of nitrogens with one attached hydrogen (secondary N) is 1. The topological polar surface area (TPSA) is 90.6 Å². The maximum absolute atomic E-state index is 12.7. The number of nitriles is 1. The molecule has 2 aliphatic rings. The third-order valence-electron chi connectivity index (χ3n) is 5.79. The molecule has 8 heteroatoms. The van der Waals surface area contributed by atoms with E-state index < -0.39 is 0 Å². The number of piperazine rings is 1. The lowest BCUT2D eigenvalue weighted by atomic mass is 10.2. The summed E-state index contributed by atoms with van der Waals surface area (Å²) in [5.41, 5.74) is 2.40. The van der Waals surface area contributed by atoms with Crippen LogP contribution in [-0.2, 0) is 20.9 Å². The van der Waals surface area contributed by atoms with E-state index in [-0.39, 0.29) is 24.5 Å². The highest BCUT2D eigenvalue weighted by molar-refractivity contribution is 5.93. The molecule has 2 amide bonds. The fourth-order valence-corrected chi connectivity index (χ4v) is 3.95. The van der Waals surface area contributed by atoms with Gasteiger partial charge in [-0.15, -0.1) is 0 Å². The van der Waals surface area contributed by atoms with Gasteiger partial charge in [0.2, 0.25) is 11.8 Å². The van der Waals surface area contributed by atoms with E-state index in [1.165, 1.54) is 0 Å².